The van der Waals surface area contributed by atoms with Crippen molar-refractivity contribution in [3.8, 4) is 5.69 Å². The number of amides is 1. The van der Waals surface area contributed by atoms with Crippen molar-refractivity contribution in [2.24, 2.45) is 0 Å². The van der Waals surface area contributed by atoms with Crippen LogP contribution in [0.1, 0.15) is 21.4 Å². The summed E-state index contributed by atoms with van der Waals surface area (Å²) >= 11 is 6.83. The molecule has 5 nitrogen and oxygen atoms in total. The van der Waals surface area contributed by atoms with Gasteiger partial charge in [-0.3, -0.25) is 9.36 Å². The maximum Gasteiger partial charge on any atom is 0.267 e. The molecule has 1 aromatic heterocycles. The molecule has 2 aromatic carbocycles. The van der Waals surface area contributed by atoms with Crippen molar-refractivity contribution in [1.82, 2.24) is 9.88 Å². The summed E-state index contributed by atoms with van der Waals surface area (Å²) in [6.07, 6.45) is -0.301. The van der Waals surface area contributed by atoms with Gasteiger partial charge in [-0.1, -0.05) is 41.7 Å². The summed E-state index contributed by atoms with van der Waals surface area (Å²) in [5.41, 5.74) is 3.05. The molecular weight excluding hydrogens is 364 g/mol. The van der Waals surface area contributed by atoms with E-state index in [1.165, 1.54) is 11.3 Å². The first-order valence-electron chi connectivity index (χ1n) is 8.20. The number of benzene rings is 2. The third-order valence-electron chi connectivity index (χ3n) is 4.33. The molecule has 0 spiro atoms. The van der Waals surface area contributed by atoms with Gasteiger partial charge in [0.15, 0.2) is 3.95 Å². The second kappa shape index (κ2) is 6.59. The second-order valence-corrected chi connectivity index (χ2v) is 7.90. The Labute approximate surface area is 160 Å². The van der Waals surface area contributed by atoms with Crippen LogP contribution in [0.15, 0.2) is 54.6 Å². The number of nitrogens with zero attached hydrogens (tertiary/aromatic N) is 2. The topological polar surface area (TPSA) is 49.3 Å². The van der Waals surface area contributed by atoms with Crippen LogP contribution in [0, 0.1) is 3.95 Å². The van der Waals surface area contributed by atoms with Gasteiger partial charge in [0.25, 0.3) is 5.91 Å². The van der Waals surface area contributed by atoms with Crippen molar-refractivity contribution in [1.29, 1.82) is 0 Å². The molecule has 26 heavy (non-hydrogen) atoms. The van der Waals surface area contributed by atoms with Gasteiger partial charge in [-0.15, -0.1) is 0 Å². The van der Waals surface area contributed by atoms with E-state index in [-0.39, 0.29) is 12.1 Å². The van der Waals surface area contributed by atoms with Crippen molar-refractivity contribution in [3.63, 3.8) is 0 Å². The maximum atomic E-state index is 12.6. The fraction of sp³-hybridized carbons (Fsp3) is 0.158. The van der Waals surface area contributed by atoms with Crippen LogP contribution in [0.25, 0.3) is 5.69 Å². The Morgan fingerprint density at radius 2 is 1.73 bits per heavy atom. The minimum Gasteiger partial charge on any atom is -0.378 e. The van der Waals surface area contributed by atoms with Gasteiger partial charge in [-0.25, -0.2) is 0 Å². The summed E-state index contributed by atoms with van der Waals surface area (Å²) in [6.45, 7) is 0. The second-order valence-electron chi connectivity index (χ2n) is 6.25. The molecule has 1 amide bonds. The summed E-state index contributed by atoms with van der Waals surface area (Å²) in [4.78, 5) is 15.3. The van der Waals surface area contributed by atoms with Crippen molar-refractivity contribution >= 4 is 41.0 Å². The normalized spacial score (nSPS) is 15.8. The first-order valence-corrected chi connectivity index (χ1v) is 9.43. The number of fused-ring (bicyclic) bond motifs is 1. The van der Waals surface area contributed by atoms with E-state index in [9.17, 15) is 4.79 Å². The van der Waals surface area contributed by atoms with E-state index in [0.29, 0.717) is 8.83 Å². The van der Waals surface area contributed by atoms with E-state index in [0.717, 1.165) is 22.8 Å². The molecule has 0 bridgehead atoms. The summed E-state index contributed by atoms with van der Waals surface area (Å²) in [6, 6.07) is 18.0. The highest BCUT2D eigenvalue weighted by atomic mass is 32.1. The molecule has 2 N–H and O–H groups in total. The van der Waals surface area contributed by atoms with Crippen molar-refractivity contribution in [2.75, 3.05) is 24.3 Å². The lowest BCUT2D eigenvalue weighted by molar-refractivity contribution is 0.0939. The number of carbonyl (C=O) groups is 1. The predicted octanol–water partition coefficient (Wildman–Crippen LogP) is 4.19. The molecule has 0 fully saturated rings. The van der Waals surface area contributed by atoms with Gasteiger partial charge < -0.3 is 15.5 Å². The zero-order valence-corrected chi connectivity index (χ0v) is 16.0. The number of nitrogens with one attached hydrogen (secondary N) is 2. The number of hydrogen-bond donors (Lipinski definition) is 2. The molecule has 1 aliphatic heterocycles. The van der Waals surface area contributed by atoms with Crippen LogP contribution < -0.4 is 15.5 Å². The first kappa shape index (κ1) is 16.8. The van der Waals surface area contributed by atoms with E-state index < -0.39 is 0 Å². The number of thiazole rings is 1. The van der Waals surface area contributed by atoms with Crippen LogP contribution in [0.3, 0.4) is 0 Å². The van der Waals surface area contributed by atoms with Crippen LogP contribution in [0.2, 0.25) is 0 Å². The van der Waals surface area contributed by atoms with Crippen LogP contribution in [0.4, 0.5) is 11.5 Å². The number of anilines is 2. The Kier molecular flexibility index (Phi) is 4.26. The Morgan fingerprint density at radius 1 is 1.04 bits per heavy atom. The summed E-state index contributed by atoms with van der Waals surface area (Å²) in [7, 11) is 4.00. The molecule has 1 aliphatic rings. The molecule has 0 aliphatic carbocycles. The highest BCUT2D eigenvalue weighted by Crippen LogP contribution is 2.34. The lowest BCUT2D eigenvalue weighted by Gasteiger charge is -2.27. The summed E-state index contributed by atoms with van der Waals surface area (Å²) < 4.78 is 2.57. The monoisotopic (exact) mass is 382 g/mol. The molecule has 0 saturated carbocycles. The minimum atomic E-state index is -0.301. The highest BCUT2D eigenvalue weighted by Gasteiger charge is 2.29. The highest BCUT2D eigenvalue weighted by molar-refractivity contribution is 7.73. The maximum absolute atomic E-state index is 12.6. The predicted molar refractivity (Wildman–Crippen MR) is 109 cm³/mol. The summed E-state index contributed by atoms with van der Waals surface area (Å²) in [5, 5.41) is 6.46. The molecule has 4 rings (SSSR count). The Hall–Kier alpha value is -2.64. The van der Waals surface area contributed by atoms with E-state index in [1.807, 2.05) is 78.2 Å². The molecule has 0 saturated heterocycles. The van der Waals surface area contributed by atoms with Gasteiger partial charge in [0.05, 0.1) is 0 Å². The number of para-hydroxylation sites is 1. The SMILES string of the molecule is CN(C)c1ccc(C2NC(=O)c3sc(=S)n(-c4ccccc4)c3N2)cc1. The lowest BCUT2D eigenvalue weighted by Crippen LogP contribution is -2.38. The molecule has 132 valence electrons. The standard InChI is InChI=1S/C19H18N4OS2/c1-22(2)13-10-8-12(9-11-13)16-20-17-15(18(24)21-16)26-19(25)23(17)14-6-4-3-5-7-14/h3-11,16,20H,1-2H3,(H,21,24). The fourth-order valence-corrected chi connectivity index (χ4v) is 4.28. The van der Waals surface area contributed by atoms with Gasteiger partial charge in [-0.2, -0.15) is 0 Å². The van der Waals surface area contributed by atoms with E-state index in [2.05, 4.69) is 10.6 Å². The molecule has 1 unspecified atom stereocenters. The largest absolute Gasteiger partial charge is 0.378 e. The summed E-state index contributed by atoms with van der Waals surface area (Å²) in [5.74, 6) is 0.642. The quantitative estimate of drug-likeness (QED) is 0.667. The molecular formula is C19H18N4OS2. The molecule has 2 heterocycles. The van der Waals surface area contributed by atoms with Crippen molar-refractivity contribution in [2.45, 2.75) is 6.17 Å². The van der Waals surface area contributed by atoms with Crippen molar-refractivity contribution < 1.29 is 4.79 Å². The van der Waals surface area contributed by atoms with Gasteiger partial charge in [0.1, 0.15) is 16.9 Å². The number of carbonyl (C=O) groups excluding carboxylic acids is 1. The zero-order valence-electron chi connectivity index (χ0n) is 14.4. The molecule has 1 atom stereocenters. The van der Waals surface area contributed by atoms with Gasteiger partial charge >= 0.3 is 0 Å². The van der Waals surface area contributed by atoms with Crippen molar-refractivity contribution in [3.05, 3.63) is 69.0 Å². The van der Waals surface area contributed by atoms with Crippen LogP contribution in [0.5, 0.6) is 0 Å². The first-order chi connectivity index (χ1) is 12.5. The van der Waals surface area contributed by atoms with Gasteiger partial charge in [-0.05, 0) is 42.0 Å². The number of aromatic nitrogens is 1. The van der Waals surface area contributed by atoms with E-state index in [1.54, 1.807) is 0 Å². The third kappa shape index (κ3) is 2.89. The van der Waals surface area contributed by atoms with Crippen LogP contribution >= 0.6 is 23.6 Å². The van der Waals surface area contributed by atoms with Gasteiger partial charge in [0.2, 0.25) is 0 Å². The molecule has 7 heteroatoms. The van der Waals surface area contributed by atoms with Crippen LogP contribution in [-0.2, 0) is 0 Å². The lowest BCUT2D eigenvalue weighted by atomic mass is 10.1. The Bertz CT molecular complexity index is 1010. The molecule has 3 aromatic rings. The molecule has 0 radical (unpaired) electrons. The van der Waals surface area contributed by atoms with E-state index >= 15 is 0 Å². The van der Waals surface area contributed by atoms with E-state index in [4.69, 9.17) is 12.2 Å². The third-order valence-corrected chi connectivity index (χ3v) is 5.70. The average Bonchev–Trinajstić information content (AvgIpc) is 2.99. The minimum absolute atomic E-state index is 0.105. The average molecular weight is 383 g/mol. The fourth-order valence-electron chi connectivity index (χ4n) is 2.97. The Balaban J connectivity index is 1.74. The number of hydrogen-bond acceptors (Lipinski definition) is 5. The smallest absolute Gasteiger partial charge is 0.267 e. The Morgan fingerprint density at radius 3 is 2.38 bits per heavy atom. The number of rotatable bonds is 3. The van der Waals surface area contributed by atoms with Crippen LogP contribution in [-0.4, -0.2) is 24.6 Å². The van der Waals surface area contributed by atoms with Gasteiger partial charge in [0, 0.05) is 25.5 Å². The zero-order chi connectivity index (χ0) is 18.3.